The Balaban J connectivity index is 1.77. The number of nitrogens with zero attached hydrogens (tertiary/aromatic N) is 3. The molecule has 1 heterocycles. The summed E-state index contributed by atoms with van der Waals surface area (Å²) in [6, 6.07) is 0. The average molecular weight is 226 g/mol. The van der Waals surface area contributed by atoms with Crippen LogP contribution in [-0.2, 0) is 6.54 Å². The van der Waals surface area contributed by atoms with E-state index in [1.54, 1.807) is 0 Å². The van der Waals surface area contributed by atoms with Crippen molar-refractivity contribution in [2.24, 2.45) is 0 Å². The number of likely N-dealkylation sites (N-methyl/N-ethyl adjacent to an activating group) is 1. The topological polar surface area (TPSA) is 41.0 Å². The Morgan fingerprint density at radius 3 is 2.80 bits per heavy atom. The SMILES string of the molecule is CN(C)C1(CNCc2csnn2)CCC1. The van der Waals surface area contributed by atoms with Crippen molar-refractivity contribution in [1.82, 2.24) is 19.8 Å². The minimum absolute atomic E-state index is 0.392. The standard InChI is InChI=1S/C10H18N4S/c1-14(2)10(4-3-5-10)8-11-6-9-7-15-13-12-9/h7,11H,3-6,8H2,1-2H3. The smallest absolute Gasteiger partial charge is 0.0893 e. The van der Waals surface area contributed by atoms with Crippen molar-refractivity contribution >= 4 is 11.5 Å². The average Bonchev–Trinajstić information content (AvgIpc) is 2.61. The fourth-order valence-corrected chi connectivity index (χ4v) is 2.50. The maximum atomic E-state index is 4.02. The number of hydrogen-bond acceptors (Lipinski definition) is 5. The highest BCUT2D eigenvalue weighted by Crippen LogP contribution is 2.35. The molecule has 84 valence electrons. The maximum absolute atomic E-state index is 4.02. The molecular formula is C10H18N4S. The van der Waals surface area contributed by atoms with Crippen LogP contribution in [0.4, 0.5) is 0 Å². The molecule has 2 rings (SSSR count). The third-order valence-electron chi connectivity index (χ3n) is 3.40. The molecule has 0 amide bonds. The first-order chi connectivity index (χ1) is 7.23. The molecule has 1 aromatic heterocycles. The van der Waals surface area contributed by atoms with E-state index in [1.807, 2.05) is 5.38 Å². The van der Waals surface area contributed by atoms with Gasteiger partial charge in [0.25, 0.3) is 0 Å². The first-order valence-electron chi connectivity index (χ1n) is 5.37. The summed E-state index contributed by atoms with van der Waals surface area (Å²) < 4.78 is 3.85. The van der Waals surface area contributed by atoms with Gasteiger partial charge < -0.3 is 10.2 Å². The highest BCUT2D eigenvalue weighted by molar-refractivity contribution is 7.03. The first kappa shape index (κ1) is 11.0. The largest absolute Gasteiger partial charge is 0.309 e. The second kappa shape index (κ2) is 4.55. The number of nitrogens with one attached hydrogen (secondary N) is 1. The van der Waals surface area contributed by atoms with Gasteiger partial charge in [-0.2, -0.15) is 0 Å². The van der Waals surface area contributed by atoms with Gasteiger partial charge in [0.05, 0.1) is 5.69 Å². The lowest BCUT2D eigenvalue weighted by atomic mass is 9.75. The summed E-state index contributed by atoms with van der Waals surface area (Å²) in [6.07, 6.45) is 3.97. The van der Waals surface area contributed by atoms with Crippen molar-refractivity contribution in [3.05, 3.63) is 11.1 Å². The molecule has 1 fully saturated rings. The van der Waals surface area contributed by atoms with E-state index in [9.17, 15) is 0 Å². The Bertz CT molecular complexity index is 292. The van der Waals surface area contributed by atoms with E-state index in [2.05, 4.69) is 33.9 Å². The van der Waals surface area contributed by atoms with E-state index in [4.69, 9.17) is 0 Å². The second-order valence-corrected chi connectivity index (χ2v) is 5.08. The van der Waals surface area contributed by atoms with Crippen LogP contribution in [0.1, 0.15) is 25.0 Å². The molecule has 1 aliphatic carbocycles. The lowest BCUT2D eigenvalue weighted by Crippen LogP contribution is -2.56. The van der Waals surface area contributed by atoms with E-state index >= 15 is 0 Å². The molecule has 0 saturated heterocycles. The molecule has 0 atom stereocenters. The van der Waals surface area contributed by atoms with Gasteiger partial charge >= 0.3 is 0 Å². The molecular weight excluding hydrogens is 208 g/mol. The van der Waals surface area contributed by atoms with Crippen LogP contribution in [0.2, 0.25) is 0 Å². The highest BCUT2D eigenvalue weighted by atomic mass is 32.1. The van der Waals surface area contributed by atoms with Gasteiger partial charge in [0.1, 0.15) is 0 Å². The van der Waals surface area contributed by atoms with E-state index in [1.165, 1.54) is 30.8 Å². The summed E-state index contributed by atoms with van der Waals surface area (Å²) in [4.78, 5) is 2.35. The van der Waals surface area contributed by atoms with Gasteiger partial charge in [0, 0.05) is 24.0 Å². The molecule has 0 bridgehead atoms. The van der Waals surface area contributed by atoms with Crippen molar-refractivity contribution < 1.29 is 0 Å². The zero-order valence-corrected chi connectivity index (χ0v) is 10.2. The molecule has 15 heavy (non-hydrogen) atoms. The predicted octanol–water partition coefficient (Wildman–Crippen LogP) is 1.11. The van der Waals surface area contributed by atoms with Crippen molar-refractivity contribution in [1.29, 1.82) is 0 Å². The van der Waals surface area contributed by atoms with Crippen LogP contribution in [0, 0.1) is 0 Å². The van der Waals surface area contributed by atoms with E-state index < -0.39 is 0 Å². The van der Waals surface area contributed by atoms with Crippen LogP contribution in [0.3, 0.4) is 0 Å². The van der Waals surface area contributed by atoms with Crippen LogP contribution >= 0.6 is 11.5 Å². The third kappa shape index (κ3) is 2.35. The lowest BCUT2D eigenvalue weighted by molar-refractivity contribution is 0.0597. The molecule has 5 heteroatoms. The molecule has 1 saturated carbocycles. The summed E-state index contributed by atoms with van der Waals surface area (Å²) in [5, 5.41) is 9.49. The molecule has 4 nitrogen and oxygen atoms in total. The van der Waals surface area contributed by atoms with Gasteiger partial charge in [-0.15, -0.1) is 5.10 Å². The Kier molecular flexibility index (Phi) is 3.33. The van der Waals surface area contributed by atoms with E-state index in [-0.39, 0.29) is 0 Å². The Labute approximate surface area is 94.8 Å². The molecule has 0 unspecified atom stereocenters. The van der Waals surface area contributed by atoms with Crippen LogP contribution in [0.5, 0.6) is 0 Å². The lowest BCUT2D eigenvalue weighted by Gasteiger charge is -2.47. The van der Waals surface area contributed by atoms with E-state index in [0.717, 1.165) is 18.8 Å². The van der Waals surface area contributed by atoms with Gasteiger partial charge in [-0.05, 0) is 44.9 Å². The van der Waals surface area contributed by atoms with Crippen LogP contribution < -0.4 is 5.32 Å². The van der Waals surface area contributed by atoms with Crippen molar-refractivity contribution in [3.8, 4) is 0 Å². The quantitative estimate of drug-likeness (QED) is 0.816. The summed E-state index contributed by atoms with van der Waals surface area (Å²) in [6.45, 7) is 1.89. The number of aromatic nitrogens is 2. The molecule has 1 N–H and O–H groups in total. The second-order valence-electron chi connectivity index (χ2n) is 4.47. The summed E-state index contributed by atoms with van der Waals surface area (Å²) in [7, 11) is 4.34. The fraction of sp³-hybridized carbons (Fsp3) is 0.800. The van der Waals surface area contributed by atoms with Gasteiger partial charge in [-0.3, -0.25) is 0 Å². The van der Waals surface area contributed by atoms with Gasteiger partial charge in [-0.1, -0.05) is 4.49 Å². The molecule has 0 aromatic carbocycles. The summed E-state index contributed by atoms with van der Waals surface area (Å²) in [5.74, 6) is 0. The third-order valence-corrected chi connectivity index (χ3v) is 3.95. The van der Waals surface area contributed by atoms with Gasteiger partial charge in [0.2, 0.25) is 0 Å². The monoisotopic (exact) mass is 226 g/mol. The minimum atomic E-state index is 0.392. The van der Waals surface area contributed by atoms with Gasteiger partial charge in [-0.25, -0.2) is 0 Å². The van der Waals surface area contributed by atoms with Crippen LogP contribution in [-0.4, -0.2) is 40.7 Å². The Hall–Kier alpha value is -0.520. The van der Waals surface area contributed by atoms with Crippen molar-refractivity contribution in [2.75, 3.05) is 20.6 Å². The summed E-state index contributed by atoms with van der Waals surface area (Å²) in [5.41, 5.74) is 1.44. The number of rotatable bonds is 5. The highest BCUT2D eigenvalue weighted by Gasteiger charge is 2.38. The summed E-state index contributed by atoms with van der Waals surface area (Å²) >= 11 is 1.41. The molecule has 0 radical (unpaired) electrons. The normalized spacial score (nSPS) is 19.1. The van der Waals surface area contributed by atoms with E-state index in [0.29, 0.717) is 5.54 Å². The molecule has 1 aliphatic rings. The maximum Gasteiger partial charge on any atom is 0.0893 e. The molecule has 0 aliphatic heterocycles. The predicted molar refractivity (Wildman–Crippen MR) is 61.9 cm³/mol. The first-order valence-corrected chi connectivity index (χ1v) is 6.21. The Morgan fingerprint density at radius 1 is 1.53 bits per heavy atom. The van der Waals surface area contributed by atoms with Gasteiger partial charge in [0.15, 0.2) is 0 Å². The van der Waals surface area contributed by atoms with Crippen LogP contribution in [0.15, 0.2) is 5.38 Å². The zero-order chi connectivity index (χ0) is 10.7. The number of hydrogen-bond donors (Lipinski definition) is 1. The zero-order valence-electron chi connectivity index (χ0n) is 9.36. The van der Waals surface area contributed by atoms with Crippen molar-refractivity contribution in [3.63, 3.8) is 0 Å². The van der Waals surface area contributed by atoms with Crippen LogP contribution in [0.25, 0.3) is 0 Å². The molecule has 0 spiro atoms. The minimum Gasteiger partial charge on any atom is -0.309 e. The molecule has 1 aromatic rings. The Morgan fingerprint density at radius 2 is 2.33 bits per heavy atom. The fourth-order valence-electron chi connectivity index (χ4n) is 2.05. The van der Waals surface area contributed by atoms with Crippen molar-refractivity contribution in [2.45, 2.75) is 31.3 Å².